The molecule has 0 bridgehead atoms. The summed E-state index contributed by atoms with van der Waals surface area (Å²) in [5, 5.41) is 50.1. The zero-order valence-electron chi connectivity index (χ0n) is 35.6. The monoisotopic (exact) mass is 966 g/mol. The molecule has 2 aliphatic rings. The minimum absolute atomic E-state index is 0.0194. The first kappa shape index (κ1) is 52.3. The molecule has 4 heterocycles. The number of hydrogen-bond donors (Lipinski definition) is 5. The van der Waals surface area contributed by atoms with Crippen LogP contribution in [0.15, 0.2) is 73.1 Å². The van der Waals surface area contributed by atoms with Crippen molar-refractivity contribution in [2.75, 3.05) is 34.0 Å². The van der Waals surface area contributed by atoms with Gasteiger partial charge in [0.25, 0.3) is 0 Å². The van der Waals surface area contributed by atoms with Crippen LogP contribution >= 0.6 is 0 Å². The minimum atomic E-state index is -4.97. The second kappa shape index (κ2) is 22.9. The van der Waals surface area contributed by atoms with Crippen molar-refractivity contribution in [3.63, 3.8) is 0 Å². The first-order valence-corrected chi connectivity index (χ1v) is 20.1. The second-order valence-electron chi connectivity index (χ2n) is 14.8. The number of halogens is 8. The summed E-state index contributed by atoms with van der Waals surface area (Å²) in [4.78, 5) is 19.7. The van der Waals surface area contributed by atoms with Crippen molar-refractivity contribution >= 4 is 6.16 Å². The highest BCUT2D eigenvalue weighted by molar-refractivity contribution is 5.59. The summed E-state index contributed by atoms with van der Waals surface area (Å²) in [6.45, 7) is 0.181. The molecule has 16 nitrogen and oxygen atoms in total. The van der Waals surface area contributed by atoms with E-state index in [4.69, 9.17) is 23.7 Å². The van der Waals surface area contributed by atoms with Crippen molar-refractivity contribution in [3.05, 3.63) is 107 Å². The Morgan fingerprint density at radius 2 is 1.07 bits per heavy atom. The lowest BCUT2D eigenvalue weighted by Gasteiger charge is -2.39. The van der Waals surface area contributed by atoms with Crippen molar-refractivity contribution in [2.45, 2.75) is 93.7 Å². The summed E-state index contributed by atoms with van der Waals surface area (Å²) in [6, 6.07) is 13.3. The minimum Gasteiger partial charge on any atom is -0.495 e. The Morgan fingerprint density at radius 1 is 0.642 bits per heavy atom. The SMILES string of the molecule is CCOC(=O)OCC1OC(c2ccc(OC(F)(F)F)c(Cc3ccc(OC)cn3)c2)C(O)C(O)C1F.COc1ccc(Cc2cc(C3OC(CO)C(F)C(O)C3O)ccc2OC(F)(F)F)nc1. The highest BCUT2D eigenvalue weighted by Gasteiger charge is 2.47. The predicted molar refractivity (Wildman–Crippen MR) is 213 cm³/mol. The fourth-order valence-electron chi connectivity index (χ4n) is 6.94. The van der Waals surface area contributed by atoms with Gasteiger partial charge in [-0.2, -0.15) is 0 Å². The van der Waals surface area contributed by atoms with Gasteiger partial charge in [0.05, 0.1) is 39.8 Å². The van der Waals surface area contributed by atoms with Crippen molar-refractivity contribution in [1.29, 1.82) is 0 Å². The lowest BCUT2D eigenvalue weighted by atomic mass is 9.90. The number of pyridine rings is 2. The van der Waals surface area contributed by atoms with Crippen molar-refractivity contribution in [1.82, 2.24) is 9.97 Å². The van der Waals surface area contributed by atoms with Crippen LogP contribution in [-0.2, 0) is 31.8 Å². The van der Waals surface area contributed by atoms with E-state index >= 15 is 0 Å². The van der Waals surface area contributed by atoms with Crippen LogP contribution in [0.3, 0.4) is 0 Å². The van der Waals surface area contributed by atoms with E-state index in [1.807, 2.05) is 0 Å². The lowest BCUT2D eigenvalue weighted by Crippen LogP contribution is -2.53. The van der Waals surface area contributed by atoms with Crippen molar-refractivity contribution < 1.29 is 103 Å². The van der Waals surface area contributed by atoms with Crippen molar-refractivity contribution in [3.8, 4) is 23.0 Å². The lowest BCUT2D eigenvalue weighted by molar-refractivity contribution is -0.275. The maximum atomic E-state index is 14.6. The van der Waals surface area contributed by atoms with E-state index < -0.39 is 105 Å². The van der Waals surface area contributed by atoms with Crippen LogP contribution in [0, 0.1) is 0 Å². The largest absolute Gasteiger partial charge is 0.573 e. The Kier molecular flexibility index (Phi) is 17.9. The van der Waals surface area contributed by atoms with Gasteiger partial charge in [-0.1, -0.05) is 12.1 Å². The van der Waals surface area contributed by atoms with Gasteiger partial charge in [0.15, 0.2) is 12.3 Å². The highest BCUT2D eigenvalue weighted by atomic mass is 19.4. The van der Waals surface area contributed by atoms with Crippen molar-refractivity contribution in [2.24, 2.45) is 0 Å². The molecule has 4 aromatic rings. The number of nitrogens with zero attached hydrogens (tertiary/aromatic N) is 2. The third-order valence-corrected chi connectivity index (χ3v) is 10.2. The molecule has 24 heteroatoms. The van der Waals surface area contributed by atoms with E-state index in [0.717, 1.165) is 12.1 Å². The third kappa shape index (κ3) is 14.2. The molecule has 2 aromatic heterocycles. The Morgan fingerprint density at radius 3 is 1.45 bits per heavy atom. The molecule has 0 amide bonds. The van der Waals surface area contributed by atoms with Crippen LogP contribution in [0.4, 0.5) is 39.9 Å². The smallest absolute Gasteiger partial charge is 0.495 e. The van der Waals surface area contributed by atoms with Gasteiger partial charge in [0, 0.05) is 35.4 Å². The average Bonchev–Trinajstić information content (AvgIpc) is 3.28. The summed E-state index contributed by atoms with van der Waals surface area (Å²) in [5.74, 6) is -0.0845. The number of aliphatic hydroxyl groups excluding tert-OH is 5. The van der Waals surface area contributed by atoms with Gasteiger partial charge >= 0.3 is 18.9 Å². The highest BCUT2D eigenvalue weighted by Crippen LogP contribution is 2.39. The van der Waals surface area contributed by atoms with Crippen LogP contribution < -0.4 is 18.9 Å². The molecule has 0 radical (unpaired) electrons. The van der Waals surface area contributed by atoms with E-state index in [-0.39, 0.29) is 41.7 Å². The maximum absolute atomic E-state index is 14.6. The fraction of sp³-hybridized carbons (Fsp3) is 0.465. The van der Waals surface area contributed by atoms with Gasteiger partial charge in [-0.25, -0.2) is 13.6 Å². The molecule has 2 fully saturated rings. The zero-order chi connectivity index (χ0) is 49.2. The number of aliphatic hydroxyl groups is 5. The summed E-state index contributed by atoms with van der Waals surface area (Å²) in [6.07, 6.45) is -25.2. The number of carbonyl (C=O) groups excluding carboxylic acids is 1. The Labute approximate surface area is 376 Å². The molecule has 0 spiro atoms. The van der Waals surface area contributed by atoms with Gasteiger partial charge in [-0.15, -0.1) is 26.3 Å². The first-order valence-electron chi connectivity index (χ1n) is 20.1. The molecule has 67 heavy (non-hydrogen) atoms. The average molecular weight is 967 g/mol. The first-order chi connectivity index (χ1) is 31.6. The van der Waals surface area contributed by atoms with Crippen LogP contribution in [0.25, 0.3) is 0 Å². The number of rotatable bonds is 14. The molecule has 368 valence electrons. The molecule has 10 unspecified atom stereocenters. The number of ether oxygens (including phenoxy) is 8. The Bertz CT molecular complexity index is 2200. The Hall–Kier alpha value is -5.63. The van der Waals surface area contributed by atoms with Gasteiger partial charge in [0.1, 0.15) is 78.4 Å². The van der Waals surface area contributed by atoms with E-state index in [1.54, 1.807) is 24.3 Å². The number of alkyl halides is 8. The van der Waals surface area contributed by atoms with Gasteiger partial charge in [0.2, 0.25) is 0 Å². The number of methoxy groups -OCH3 is 2. The van der Waals surface area contributed by atoms with E-state index in [2.05, 4.69) is 24.2 Å². The molecule has 2 aliphatic heterocycles. The predicted octanol–water partition coefficient (Wildman–Crippen LogP) is 5.32. The standard InChI is InChI=1S/C23H25F4NO8.C20H21F4NO6/c1-3-33-22(31)34-11-17-18(24)19(29)20(30)21(35-17)12-4-7-16(36-23(25,26)27)13(8-12)9-14-5-6-15(32-2)10-28-14;1-29-13-4-3-12(25-8-13)7-11-6-10(2-5-14(11)31-20(22,23)24)19-18(28)17(27)16(21)15(9-26)30-19/h4-8,10,17-21,29-30H,3,9,11H2,1-2H3;2-6,8,15-19,26-28H,7,9H2,1H3. The van der Waals surface area contributed by atoms with Crippen LogP contribution in [0.2, 0.25) is 0 Å². The molecule has 0 aliphatic carbocycles. The van der Waals surface area contributed by atoms with Gasteiger partial charge in [-0.3, -0.25) is 9.97 Å². The second-order valence-corrected chi connectivity index (χ2v) is 14.8. The number of carbonyl (C=O) groups is 1. The normalized spacial score (nSPS) is 25.3. The zero-order valence-corrected chi connectivity index (χ0v) is 35.6. The number of hydrogen-bond acceptors (Lipinski definition) is 16. The number of benzene rings is 2. The summed E-state index contributed by atoms with van der Waals surface area (Å²) in [5.41, 5.74) is 1.21. The molecule has 2 saturated heterocycles. The summed E-state index contributed by atoms with van der Waals surface area (Å²) >= 11 is 0. The summed E-state index contributed by atoms with van der Waals surface area (Å²) < 4.78 is 145. The van der Waals surface area contributed by atoms with E-state index in [0.29, 0.717) is 22.9 Å². The van der Waals surface area contributed by atoms with Crippen LogP contribution in [0.5, 0.6) is 23.0 Å². The fourth-order valence-corrected chi connectivity index (χ4v) is 6.94. The summed E-state index contributed by atoms with van der Waals surface area (Å²) in [7, 11) is 2.88. The molecular formula is C43H46F8N2O14. The molecule has 0 saturated carbocycles. The van der Waals surface area contributed by atoms with Gasteiger partial charge in [-0.05, 0) is 66.6 Å². The van der Waals surface area contributed by atoms with Crippen LogP contribution in [0.1, 0.15) is 52.8 Å². The van der Waals surface area contributed by atoms with E-state index in [1.165, 1.54) is 57.8 Å². The maximum Gasteiger partial charge on any atom is 0.573 e. The topological polar surface area (TPSA) is 218 Å². The van der Waals surface area contributed by atoms with Crippen LogP contribution in [-0.4, -0.2) is 137 Å². The van der Waals surface area contributed by atoms with Gasteiger partial charge < -0.3 is 63.4 Å². The molecule has 10 atom stereocenters. The third-order valence-electron chi connectivity index (χ3n) is 10.2. The number of aromatic nitrogens is 2. The Balaban J connectivity index is 0.000000254. The molecule has 2 aromatic carbocycles. The quantitative estimate of drug-likeness (QED) is 0.0798. The van der Waals surface area contributed by atoms with E-state index in [9.17, 15) is 65.5 Å². The molecule has 5 N–H and O–H groups in total. The molecular weight excluding hydrogens is 920 g/mol. The molecule has 6 rings (SSSR count).